The van der Waals surface area contributed by atoms with Crippen LogP contribution in [-0.4, -0.2) is 35.7 Å². The number of benzene rings is 1. The summed E-state index contributed by atoms with van der Waals surface area (Å²) in [6.45, 7) is 0.711. The standard InChI is InChI=1S/C15H15BrN4O3S/c1-23-8-12-18-19-15(24-12)17-14(22)9-6-13(21)20(7-9)11-4-2-10(16)3-5-11/h2-5,9H,6-8H2,1H3,(H,17,19,22). The van der Waals surface area contributed by atoms with Crippen molar-refractivity contribution < 1.29 is 14.3 Å². The first-order chi connectivity index (χ1) is 11.6. The molecular formula is C15H15BrN4O3S. The molecule has 1 unspecified atom stereocenters. The highest BCUT2D eigenvalue weighted by molar-refractivity contribution is 9.10. The molecule has 126 valence electrons. The van der Waals surface area contributed by atoms with Gasteiger partial charge in [0.25, 0.3) is 0 Å². The van der Waals surface area contributed by atoms with Crippen molar-refractivity contribution in [3.05, 3.63) is 33.7 Å². The number of rotatable bonds is 5. The lowest BCUT2D eigenvalue weighted by atomic mass is 10.1. The van der Waals surface area contributed by atoms with Gasteiger partial charge in [-0.1, -0.05) is 27.3 Å². The number of anilines is 2. The molecule has 2 heterocycles. The van der Waals surface area contributed by atoms with E-state index >= 15 is 0 Å². The summed E-state index contributed by atoms with van der Waals surface area (Å²) >= 11 is 4.63. The summed E-state index contributed by atoms with van der Waals surface area (Å²) in [4.78, 5) is 26.2. The Bertz CT molecular complexity index is 749. The van der Waals surface area contributed by atoms with Gasteiger partial charge in [-0.25, -0.2) is 0 Å². The largest absolute Gasteiger partial charge is 0.377 e. The second kappa shape index (κ2) is 7.37. The Morgan fingerprint density at radius 3 is 2.88 bits per heavy atom. The topological polar surface area (TPSA) is 84.4 Å². The highest BCUT2D eigenvalue weighted by atomic mass is 79.9. The number of carbonyl (C=O) groups is 2. The zero-order valence-corrected chi connectivity index (χ0v) is 15.3. The van der Waals surface area contributed by atoms with Crippen molar-refractivity contribution in [1.82, 2.24) is 10.2 Å². The van der Waals surface area contributed by atoms with Crippen LogP contribution in [0.4, 0.5) is 10.8 Å². The lowest BCUT2D eigenvalue weighted by Crippen LogP contribution is -2.28. The van der Waals surface area contributed by atoms with Crippen molar-refractivity contribution in [2.45, 2.75) is 13.0 Å². The van der Waals surface area contributed by atoms with Crippen LogP contribution < -0.4 is 10.2 Å². The molecular weight excluding hydrogens is 396 g/mol. The molecule has 0 radical (unpaired) electrons. The molecule has 2 aromatic rings. The number of hydrogen-bond acceptors (Lipinski definition) is 6. The second-order valence-electron chi connectivity index (χ2n) is 5.31. The zero-order chi connectivity index (χ0) is 17.1. The van der Waals surface area contributed by atoms with Crippen molar-refractivity contribution in [2.24, 2.45) is 5.92 Å². The van der Waals surface area contributed by atoms with Crippen molar-refractivity contribution in [3.63, 3.8) is 0 Å². The summed E-state index contributed by atoms with van der Waals surface area (Å²) in [6, 6.07) is 7.44. The van der Waals surface area contributed by atoms with E-state index in [1.54, 1.807) is 12.0 Å². The molecule has 1 aromatic carbocycles. The van der Waals surface area contributed by atoms with Gasteiger partial charge in [-0.2, -0.15) is 0 Å². The van der Waals surface area contributed by atoms with E-state index in [2.05, 4.69) is 31.4 Å². The lowest BCUT2D eigenvalue weighted by molar-refractivity contribution is -0.122. The van der Waals surface area contributed by atoms with E-state index in [0.29, 0.717) is 23.3 Å². The van der Waals surface area contributed by atoms with Gasteiger partial charge in [0, 0.05) is 30.2 Å². The molecule has 0 aliphatic carbocycles. The highest BCUT2D eigenvalue weighted by Crippen LogP contribution is 2.27. The van der Waals surface area contributed by atoms with Gasteiger partial charge in [-0.15, -0.1) is 10.2 Å². The molecule has 0 saturated carbocycles. The first-order valence-corrected chi connectivity index (χ1v) is 8.86. The van der Waals surface area contributed by atoms with Crippen LogP contribution >= 0.6 is 27.3 Å². The van der Waals surface area contributed by atoms with Crippen LogP contribution in [0.2, 0.25) is 0 Å². The molecule has 24 heavy (non-hydrogen) atoms. The molecule has 7 nitrogen and oxygen atoms in total. The first kappa shape index (κ1) is 17.0. The maximum atomic E-state index is 12.4. The van der Waals surface area contributed by atoms with E-state index in [0.717, 1.165) is 10.2 Å². The summed E-state index contributed by atoms with van der Waals surface area (Å²) < 4.78 is 5.91. The van der Waals surface area contributed by atoms with E-state index in [1.807, 2.05) is 24.3 Å². The van der Waals surface area contributed by atoms with Crippen LogP contribution in [0.15, 0.2) is 28.7 Å². The normalized spacial score (nSPS) is 17.3. The fourth-order valence-corrected chi connectivity index (χ4v) is 3.43. The molecule has 1 saturated heterocycles. The molecule has 1 aliphatic rings. The summed E-state index contributed by atoms with van der Waals surface area (Å²) in [6.07, 6.45) is 0.186. The van der Waals surface area contributed by atoms with Gasteiger partial charge in [-0.3, -0.25) is 9.59 Å². The van der Waals surface area contributed by atoms with Gasteiger partial charge in [0.05, 0.1) is 5.92 Å². The Morgan fingerprint density at radius 2 is 2.17 bits per heavy atom. The van der Waals surface area contributed by atoms with Crippen molar-refractivity contribution in [2.75, 3.05) is 23.9 Å². The van der Waals surface area contributed by atoms with E-state index in [-0.39, 0.29) is 18.2 Å². The van der Waals surface area contributed by atoms with Crippen molar-refractivity contribution >= 4 is 49.9 Å². The zero-order valence-electron chi connectivity index (χ0n) is 12.9. The van der Waals surface area contributed by atoms with Gasteiger partial charge >= 0.3 is 0 Å². The van der Waals surface area contributed by atoms with Gasteiger partial charge in [0.1, 0.15) is 11.6 Å². The minimum atomic E-state index is -0.407. The Morgan fingerprint density at radius 1 is 1.42 bits per heavy atom. The lowest BCUT2D eigenvalue weighted by Gasteiger charge is -2.16. The van der Waals surface area contributed by atoms with Gasteiger partial charge in [0.15, 0.2) is 0 Å². The van der Waals surface area contributed by atoms with Crippen LogP contribution in [0.3, 0.4) is 0 Å². The average Bonchev–Trinajstić information content (AvgIpc) is 3.15. The Kier molecular flexibility index (Phi) is 5.22. The molecule has 0 spiro atoms. The van der Waals surface area contributed by atoms with Crippen LogP contribution in [0.5, 0.6) is 0 Å². The fourth-order valence-electron chi connectivity index (χ4n) is 2.45. The van der Waals surface area contributed by atoms with Gasteiger partial charge in [-0.05, 0) is 24.3 Å². The molecule has 0 bridgehead atoms. The Hall–Kier alpha value is -1.84. The number of amides is 2. The second-order valence-corrected chi connectivity index (χ2v) is 7.28. The number of carbonyl (C=O) groups excluding carboxylic acids is 2. The van der Waals surface area contributed by atoms with Gasteiger partial charge < -0.3 is 15.0 Å². The quantitative estimate of drug-likeness (QED) is 0.817. The Balaban J connectivity index is 1.64. The number of nitrogens with one attached hydrogen (secondary N) is 1. The maximum Gasteiger partial charge on any atom is 0.231 e. The number of ether oxygens (including phenoxy) is 1. The van der Waals surface area contributed by atoms with E-state index in [1.165, 1.54) is 11.3 Å². The third-order valence-corrected chi connectivity index (χ3v) is 4.94. The minimum absolute atomic E-state index is 0.0604. The summed E-state index contributed by atoms with van der Waals surface area (Å²) in [5.74, 6) is -0.686. The Labute approximate surface area is 151 Å². The smallest absolute Gasteiger partial charge is 0.231 e. The van der Waals surface area contributed by atoms with Crippen molar-refractivity contribution in [3.8, 4) is 0 Å². The van der Waals surface area contributed by atoms with Crippen LogP contribution in [0.1, 0.15) is 11.4 Å². The summed E-state index contributed by atoms with van der Waals surface area (Å²) in [7, 11) is 1.57. The fraction of sp³-hybridized carbons (Fsp3) is 0.333. The van der Waals surface area contributed by atoms with Crippen LogP contribution in [-0.2, 0) is 20.9 Å². The highest BCUT2D eigenvalue weighted by Gasteiger charge is 2.35. The number of methoxy groups -OCH3 is 1. The number of aromatic nitrogens is 2. The molecule has 2 amide bonds. The van der Waals surface area contributed by atoms with Crippen LogP contribution in [0, 0.1) is 5.92 Å². The maximum absolute atomic E-state index is 12.4. The molecule has 1 aliphatic heterocycles. The summed E-state index contributed by atoms with van der Waals surface area (Å²) in [5.41, 5.74) is 0.789. The predicted octanol–water partition coefficient (Wildman–Crippen LogP) is 2.44. The molecule has 1 atom stereocenters. The SMILES string of the molecule is COCc1nnc(NC(=O)C2CC(=O)N(c3ccc(Br)cc3)C2)s1. The molecule has 9 heteroatoms. The first-order valence-electron chi connectivity index (χ1n) is 7.25. The number of hydrogen-bond donors (Lipinski definition) is 1. The van der Waals surface area contributed by atoms with E-state index in [4.69, 9.17) is 4.74 Å². The number of halogens is 1. The third kappa shape index (κ3) is 3.80. The molecule has 1 aromatic heterocycles. The minimum Gasteiger partial charge on any atom is -0.377 e. The molecule has 3 rings (SSSR count). The average molecular weight is 411 g/mol. The van der Waals surface area contributed by atoms with E-state index in [9.17, 15) is 9.59 Å². The summed E-state index contributed by atoms with van der Waals surface area (Å²) in [5, 5.41) is 11.7. The van der Waals surface area contributed by atoms with Gasteiger partial charge in [0.2, 0.25) is 16.9 Å². The third-order valence-electron chi connectivity index (χ3n) is 3.60. The van der Waals surface area contributed by atoms with Crippen LogP contribution in [0.25, 0.3) is 0 Å². The van der Waals surface area contributed by atoms with E-state index < -0.39 is 5.92 Å². The van der Waals surface area contributed by atoms with Crippen molar-refractivity contribution in [1.29, 1.82) is 0 Å². The predicted molar refractivity (Wildman–Crippen MR) is 93.9 cm³/mol. The molecule has 1 fully saturated rings. The monoisotopic (exact) mass is 410 g/mol. The number of nitrogens with zero attached hydrogens (tertiary/aromatic N) is 3. The molecule has 1 N–H and O–H groups in total.